The van der Waals surface area contributed by atoms with Crippen molar-refractivity contribution in [2.45, 2.75) is 65.5 Å². The van der Waals surface area contributed by atoms with Crippen molar-refractivity contribution in [2.75, 3.05) is 6.54 Å². The lowest BCUT2D eigenvalue weighted by Crippen LogP contribution is -2.47. The SMILES string of the molecule is CCCCCNC(=O)[C@H](C)N(Cc1ccc(F)cc1)C(=O)CCC. The van der Waals surface area contributed by atoms with Crippen LogP contribution >= 0.6 is 0 Å². The van der Waals surface area contributed by atoms with Crippen molar-refractivity contribution < 1.29 is 14.0 Å². The van der Waals surface area contributed by atoms with Crippen LogP contribution in [0.3, 0.4) is 0 Å². The number of nitrogens with one attached hydrogen (secondary N) is 1. The van der Waals surface area contributed by atoms with Gasteiger partial charge in [0.25, 0.3) is 0 Å². The lowest BCUT2D eigenvalue weighted by atomic mass is 10.1. The van der Waals surface area contributed by atoms with Crippen molar-refractivity contribution >= 4 is 11.8 Å². The van der Waals surface area contributed by atoms with E-state index in [-0.39, 0.29) is 17.6 Å². The van der Waals surface area contributed by atoms with Crippen molar-refractivity contribution in [1.82, 2.24) is 10.2 Å². The van der Waals surface area contributed by atoms with Gasteiger partial charge in [0.2, 0.25) is 11.8 Å². The molecule has 1 atom stereocenters. The van der Waals surface area contributed by atoms with Crippen LogP contribution in [0.15, 0.2) is 24.3 Å². The Balaban J connectivity index is 2.74. The summed E-state index contributed by atoms with van der Waals surface area (Å²) < 4.78 is 13.0. The van der Waals surface area contributed by atoms with Crippen LogP contribution in [0, 0.1) is 5.82 Å². The third-order valence-electron chi connectivity index (χ3n) is 3.98. The molecule has 0 aromatic heterocycles. The third kappa shape index (κ3) is 6.69. The maximum absolute atomic E-state index is 13.0. The second-order valence-corrected chi connectivity index (χ2v) is 6.07. The zero-order valence-electron chi connectivity index (χ0n) is 15.0. The Morgan fingerprint density at radius 3 is 2.38 bits per heavy atom. The fourth-order valence-electron chi connectivity index (χ4n) is 2.46. The van der Waals surface area contributed by atoms with Gasteiger partial charge in [-0.05, 0) is 37.5 Å². The van der Waals surface area contributed by atoms with Crippen LogP contribution in [0.5, 0.6) is 0 Å². The molecule has 0 bridgehead atoms. The smallest absolute Gasteiger partial charge is 0.242 e. The predicted octanol–water partition coefficient (Wildman–Crippen LogP) is 3.65. The van der Waals surface area contributed by atoms with Gasteiger partial charge >= 0.3 is 0 Å². The summed E-state index contributed by atoms with van der Waals surface area (Å²) in [5.74, 6) is -0.511. The van der Waals surface area contributed by atoms with Gasteiger partial charge in [-0.3, -0.25) is 9.59 Å². The summed E-state index contributed by atoms with van der Waals surface area (Å²) in [6, 6.07) is 5.48. The first-order chi connectivity index (χ1) is 11.5. The van der Waals surface area contributed by atoms with Crippen LogP contribution in [0.25, 0.3) is 0 Å². The van der Waals surface area contributed by atoms with E-state index in [9.17, 15) is 14.0 Å². The summed E-state index contributed by atoms with van der Waals surface area (Å²) in [6.07, 6.45) is 4.23. The maximum Gasteiger partial charge on any atom is 0.242 e. The van der Waals surface area contributed by atoms with E-state index >= 15 is 0 Å². The summed E-state index contributed by atoms with van der Waals surface area (Å²) in [5, 5.41) is 2.90. The standard InChI is InChI=1S/C19H29FN2O2/c1-4-6-7-13-21-19(24)15(3)22(18(23)8-5-2)14-16-9-11-17(20)12-10-16/h9-12,15H,4-8,13-14H2,1-3H3,(H,21,24)/t15-/m0/s1. The van der Waals surface area contributed by atoms with E-state index in [0.29, 0.717) is 19.5 Å². The highest BCUT2D eigenvalue weighted by atomic mass is 19.1. The van der Waals surface area contributed by atoms with Gasteiger partial charge in [0.1, 0.15) is 11.9 Å². The molecule has 5 heteroatoms. The molecule has 134 valence electrons. The molecule has 0 radical (unpaired) electrons. The number of benzene rings is 1. The van der Waals surface area contributed by atoms with E-state index in [2.05, 4.69) is 12.2 Å². The van der Waals surface area contributed by atoms with Crippen molar-refractivity contribution in [3.63, 3.8) is 0 Å². The summed E-state index contributed by atoms with van der Waals surface area (Å²) >= 11 is 0. The number of unbranched alkanes of at least 4 members (excludes halogenated alkanes) is 2. The largest absolute Gasteiger partial charge is 0.354 e. The highest BCUT2D eigenvalue weighted by Crippen LogP contribution is 2.12. The molecule has 4 nitrogen and oxygen atoms in total. The molecule has 1 rings (SSSR count). The van der Waals surface area contributed by atoms with E-state index < -0.39 is 6.04 Å². The lowest BCUT2D eigenvalue weighted by Gasteiger charge is -2.28. The number of hydrogen-bond donors (Lipinski definition) is 1. The number of rotatable bonds is 10. The lowest BCUT2D eigenvalue weighted by molar-refractivity contribution is -0.140. The molecule has 0 aliphatic rings. The molecular weight excluding hydrogens is 307 g/mol. The number of hydrogen-bond acceptors (Lipinski definition) is 2. The number of amides is 2. The normalized spacial score (nSPS) is 11.8. The average molecular weight is 336 g/mol. The molecule has 2 amide bonds. The minimum atomic E-state index is -0.546. The quantitative estimate of drug-likeness (QED) is 0.663. The molecule has 0 saturated heterocycles. The van der Waals surface area contributed by atoms with Gasteiger partial charge in [0.05, 0.1) is 0 Å². The number of halogens is 1. The first-order valence-corrected chi connectivity index (χ1v) is 8.81. The van der Waals surface area contributed by atoms with E-state index in [4.69, 9.17) is 0 Å². The van der Waals surface area contributed by atoms with Crippen molar-refractivity contribution in [1.29, 1.82) is 0 Å². The van der Waals surface area contributed by atoms with Crippen LogP contribution < -0.4 is 5.32 Å². The Hall–Kier alpha value is -1.91. The van der Waals surface area contributed by atoms with Crippen LogP contribution in [0.1, 0.15) is 58.4 Å². The highest BCUT2D eigenvalue weighted by Gasteiger charge is 2.25. The summed E-state index contributed by atoms with van der Waals surface area (Å²) in [6.45, 7) is 6.72. The molecule has 0 aliphatic carbocycles. The third-order valence-corrected chi connectivity index (χ3v) is 3.98. The second kappa shape index (κ2) is 10.8. The zero-order chi connectivity index (χ0) is 17.9. The summed E-state index contributed by atoms with van der Waals surface area (Å²) in [4.78, 5) is 26.3. The first-order valence-electron chi connectivity index (χ1n) is 8.81. The molecule has 0 heterocycles. The predicted molar refractivity (Wildman–Crippen MR) is 93.9 cm³/mol. The fraction of sp³-hybridized carbons (Fsp3) is 0.579. The van der Waals surface area contributed by atoms with Crippen LogP contribution in [-0.4, -0.2) is 29.3 Å². The van der Waals surface area contributed by atoms with Gasteiger partial charge in [0, 0.05) is 19.5 Å². The molecule has 1 aromatic rings. The average Bonchev–Trinajstić information content (AvgIpc) is 2.57. The number of carbonyl (C=O) groups excluding carboxylic acids is 2. The van der Waals surface area contributed by atoms with Gasteiger partial charge < -0.3 is 10.2 Å². The minimum absolute atomic E-state index is 0.0574. The van der Waals surface area contributed by atoms with Crippen molar-refractivity contribution in [3.05, 3.63) is 35.6 Å². The molecular formula is C19H29FN2O2. The molecule has 0 unspecified atom stereocenters. The van der Waals surface area contributed by atoms with E-state index in [1.165, 1.54) is 12.1 Å². The molecule has 0 aliphatic heterocycles. The first kappa shape index (κ1) is 20.1. The van der Waals surface area contributed by atoms with Crippen molar-refractivity contribution in [2.24, 2.45) is 0 Å². The Morgan fingerprint density at radius 2 is 1.79 bits per heavy atom. The van der Waals surface area contributed by atoms with Crippen LogP contribution in [0.4, 0.5) is 4.39 Å². The minimum Gasteiger partial charge on any atom is -0.354 e. The Kier molecular flexibility index (Phi) is 9.05. The molecule has 0 fully saturated rings. The highest BCUT2D eigenvalue weighted by molar-refractivity contribution is 5.87. The summed E-state index contributed by atoms with van der Waals surface area (Å²) in [5.41, 5.74) is 0.812. The van der Waals surface area contributed by atoms with Crippen molar-refractivity contribution in [3.8, 4) is 0 Å². The van der Waals surface area contributed by atoms with Gasteiger partial charge in [-0.25, -0.2) is 4.39 Å². The van der Waals surface area contributed by atoms with E-state index in [1.807, 2.05) is 6.92 Å². The van der Waals surface area contributed by atoms with Crippen LogP contribution in [-0.2, 0) is 16.1 Å². The Bertz CT molecular complexity index is 517. The van der Waals surface area contributed by atoms with Gasteiger partial charge in [-0.15, -0.1) is 0 Å². The van der Waals surface area contributed by atoms with Gasteiger partial charge in [-0.1, -0.05) is 38.8 Å². The molecule has 1 aromatic carbocycles. The maximum atomic E-state index is 13.0. The van der Waals surface area contributed by atoms with E-state index in [1.54, 1.807) is 24.0 Å². The molecule has 0 saturated carbocycles. The zero-order valence-corrected chi connectivity index (χ0v) is 15.0. The second-order valence-electron chi connectivity index (χ2n) is 6.07. The van der Waals surface area contributed by atoms with Gasteiger partial charge in [0.15, 0.2) is 0 Å². The Labute approximate surface area is 144 Å². The number of carbonyl (C=O) groups is 2. The van der Waals surface area contributed by atoms with E-state index in [0.717, 1.165) is 31.2 Å². The fourth-order valence-corrected chi connectivity index (χ4v) is 2.46. The molecule has 24 heavy (non-hydrogen) atoms. The molecule has 0 spiro atoms. The molecule has 1 N–H and O–H groups in total. The topological polar surface area (TPSA) is 49.4 Å². The van der Waals surface area contributed by atoms with Gasteiger partial charge in [-0.2, -0.15) is 0 Å². The number of nitrogens with zero attached hydrogens (tertiary/aromatic N) is 1. The summed E-state index contributed by atoms with van der Waals surface area (Å²) in [7, 11) is 0. The van der Waals surface area contributed by atoms with Crippen LogP contribution in [0.2, 0.25) is 0 Å². The Morgan fingerprint density at radius 1 is 1.12 bits per heavy atom. The monoisotopic (exact) mass is 336 g/mol.